The van der Waals surface area contributed by atoms with E-state index in [9.17, 15) is 0 Å². The molecular weight excluding hydrogens is 172 g/mol. The molecule has 0 heterocycles. The fourth-order valence-electron chi connectivity index (χ4n) is 0.913. The molecule has 0 aliphatic heterocycles. The Morgan fingerprint density at radius 2 is 1.92 bits per heavy atom. The minimum Gasteiger partial charge on any atom is -0.504 e. The molecule has 0 unspecified atom stereocenters. The summed E-state index contributed by atoms with van der Waals surface area (Å²) in [6, 6.07) is 4.46. The van der Waals surface area contributed by atoms with E-state index in [1.165, 1.54) is 12.1 Å². The molecule has 0 saturated heterocycles. The number of benzene rings is 1. The minimum atomic E-state index is -0.162. The molecule has 72 valence electrons. The molecule has 4 nitrogen and oxygen atoms in total. The van der Waals surface area contributed by atoms with Crippen molar-refractivity contribution in [2.24, 2.45) is 0 Å². The number of rotatable bonds is 4. The number of phenolic OH excluding ortho intramolecular Hbond substituents is 2. The molecule has 0 bridgehead atoms. The molecule has 4 heteroatoms. The number of hydrogen-bond acceptors (Lipinski definition) is 4. The van der Waals surface area contributed by atoms with Gasteiger partial charge in [0.25, 0.3) is 0 Å². The normalized spacial score (nSPS) is 10.2. The lowest BCUT2D eigenvalue weighted by Gasteiger charge is -2.03. The van der Waals surface area contributed by atoms with Crippen molar-refractivity contribution < 1.29 is 20.1 Å². The summed E-state index contributed by atoms with van der Waals surface area (Å²) in [5.41, 5.74) is 0.753. The molecule has 0 aromatic heterocycles. The third-order valence-electron chi connectivity index (χ3n) is 1.54. The van der Waals surface area contributed by atoms with E-state index in [2.05, 4.69) is 0 Å². The molecule has 0 atom stereocenters. The Kier molecular flexibility index (Phi) is 3.54. The van der Waals surface area contributed by atoms with Gasteiger partial charge in [-0.05, 0) is 17.7 Å². The summed E-state index contributed by atoms with van der Waals surface area (Å²) in [6.07, 6.45) is 0. The van der Waals surface area contributed by atoms with Gasteiger partial charge in [0.1, 0.15) is 0 Å². The molecule has 0 fully saturated rings. The van der Waals surface area contributed by atoms with Crippen LogP contribution in [0.25, 0.3) is 0 Å². The van der Waals surface area contributed by atoms with Crippen LogP contribution in [0.1, 0.15) is 5.56 Å². The van der Waals surface area contributed by atoms with Crippen LogP contribution in [-0.2, 0) is 11.3 Å². The van der Waals surface area contributed by atoms with Crippen molar-refractivity contribution in [2.45, 2.75) is 6.61 Å². The summed E-state index contributed by atoms with van der Waals surface area (Å²) in [7, 11) is 0. The predicted octanol–water partition coefficient (Wildman–Crippen LogP) is 0.607. The first-order valence-corrected chi connectivity index (χ1v) is 3.93. The Hall–Kier alpha value is -1.26. The van der Waals surface area contributed by atoms with Crippen molar-refractivity contribution in [2.75, 3.05) is 13.2 Å². The molecule has 0 spiro atoms. The predicted molar refractivity (Wildman–Crippen MR) is 46.5 cm³/mol. The Morgan fingerprint density at radius 1 is 1.15 bits per heavy atom. The summed E-state index contributed by atoms with van der Waals surface area (Å²) in [5.74, 6) is -0.309. The van der Waals surface area contributed by atoms with Gasteiger partial charge in [-0.15, -0.1) is 0 Å². The van der Waals surface area contributed by atoms with Crippen molar-refractivity contribution in [3.05, 3.63) is 23.8 Å². The Balaban J connectivity index is 2.53. The Labute approximate surface area is 76.0 Å². The molecule has 0 saturated carbocycles. The molecule has 0 radical (unpaired) electrons. The first-order chi connectivity index (χ1) is 6.24. The molecular formula is C9H12O4. The Bertz CT molecular complexity index is 272. The zero-order valence-electron chi connectivity index (χ0n) is 7.10. The van der Waals surface area contributed by atoms with E-state index in [4.69, 9.17) is 20.1 Å². The van der Waals surface area contributed by atoms with Crippen LogP contribution >= 0.6 is 0 Å². The maximum Gasteiger partial charge on any atom is 0.157 e. The monoisotopic (exact) mass is 184 g/mol. The van der Waals surface area contributed by atoms with E-state index >= 15 is 0 Å². The van der Waals surface area contributed by atoms with Crippen LogP contribution in [0, 0.1) is 0 Å². The van der Waals surface area contributed by atoms with Gasteiger partial charge < -0.3 is 20.1 Å². The number of ether oxygens (including phenoxy) is 1. The van der Waals surface area contributed by atoms with E-state index in [1.807, 2.05) is 0 Å². The van der Waals surface area contributed by atoms with Crippen LogP contribution in [0.15, 0.2) is 18.2 Å². The average molecular weight is 184 g/mol. The van der Waals surface area contributed by atoms with Crippen molar-refractivity contribution in [3.8, 4) is 11.5 Å². The number of aliphatic hydroxyl groups is 1. The van der Waals surface area contributed by atoms with Crippen molar-refractivity contribution >= 4 is 0 Å². The van der Waals surface area contributed by atoms with E-state index in [1.54, 1.807) is 6.07 Å². The Morgan fingerprint density at radius 3 is 2.54 bits per heavy atom. The van der Waals surface area contributed by atoms with Crippen molar-refractivity contribution in [1.29, 1.82) is 0 Å². The van der Waals surface area contributed by atoms with Gasteiger partial charge >= 0.3 is 0 Å². The molecule has 3 N–H and O–H groups in total. The van der Waals surface area contributed by atoms with Crippen LogP contribution in [0.2, 0.25) is 0 Å². The minimum absolute atomic E-state index is 0.0237. The second-order valence-electron chi connectivity index (χ2n) is 2.60. The lowest BCUT2D eigenvalue weighted by molar-refractivity contribution is 0.0814. The van der Waals surface area contributed by atoms with Crippen LogP contribution in [0.4, 0.5) is 0 Å². The van der Waals surface area contributed by atoms with Gasteiger partial charge in [0.2, 0.25) is 0 Å². The lowest BCUT2D eigenvalue weighted by atomic mass is 10.2. The third-order valence-corrected chi connectivity index (χ3v) is 1.54. The number of phenols is 2. The highest BCUT2D eigenvalue weighted by Gasteiger charge is 1.99. The van der Waals surface area contributed by atoms with Crippen molar-refractivity contribution in [3.63, 3.8) is 0 Å². The number of hydrogen-bond donors (Lipinski definition) is 3. The zero-order valence-corrected chi connectivity index (χ0v) is 7.10. The highest BCUT2D eigenvalue weighted by molar-refractivity contribution is 5.40. The molecule has 13 heavy (non-hydrogen) atoms. The summed E-state index contributed by atoms with van der Waals surface area (Å²) in [5, 5.41) is 26.5. The second-order valence-corrected chi connectivity index (χ2v) is 2.60. The SMILES string of the molecule is OCCOCc1ccc(O)c(O)c1. The van der Waals surface area contributed by atoms with Crippen LogP contribution in [0.5, 0.6) is 11.5 Å². The van der Waals surface area contributed by atoms with Crippen molar-refractivity contribution in [1.82, 2.24) is 0 Å². The van der Waals surface area contributed by atoms with E-state index in [0.717, 1.165) is 5.56 Å². The van der Waals surface area contributed by atoms with Gasteiger partial charge in [0.15, 0.2) is 11.5 Å². The van der Waals surface area contributed by atoms with Gasteiger partial charge in [0, 0.05) is 0 Å². The fraction of sp³-hybridized carbons (Fsp3) is 0.333. The molecule has 1 aromatic rings. The van der Waals surface area contributed by atoms with E-state index < -0.39 is 0 Å². The lowest BCUT2D eigenvalue weighted by Crippen LogP contribution is -1.98. The smallest absolute Gasteiger partial charge is 0.157 e. The quantitative estimate of drug-likeness (QED) is 0.473. The molecule has 0 aliphatic carbocycles. The topological polar surface area (TPSA) is 69.9 Å². The summed E-state index contributed by atoms with van der Waals surface area (Å²) in [6.45, 7) is 0.556. The molecule has 1 aromatic carbocycles. The second kappa shape index (κ2) is 4.69. The third kappa shape index (κ3) is 2.93. The van der Waals surface area contributed by atoms with Crippen LogP contribution in [0.3, 0.4) is 0 Å². The summed E-state index contributed by atoms with van der Waals surface area (Å²) >= 11 is 0. The van der Waals surface area contributed by atoms with Gasteiger partial charge in [-0.3, -0.25) is 0 Å². The fourth-order valence-corrected chi connectivity index (χ4v) is 0.913. The standard InChI is InChI=1S/C9H12O4/c10-3-4-13-6-7-1-2-8(11)9(12)5-7/h1-2,5,10-12H,3-4,6H2. The first-order valence-electron chi connectivity index (χ1n) is 3.93. The van der Waals surface area contributed by atoms with Crippen LogP contribution in [-0.4, -0.2) is 28.5 Å². The highest BCUT2D eigenvalue weighted by atomic mass is 16.5. The molecule has 0 aliphatic rings. The molecule has 1 rings (SSSR count). The average Bonchev–Trinajstić information content (AvgIpc) is 2.12. The van der Waals surface area contributed by atoms with Gasteiger partial charge in [0.05, 0.1) is 19.8 Å². The number of aromatic hydroxyl groups is 2. The number of aliphatic hydroxyl groups excluding tert-OH is 1. The largest absolute Gasteiger partial charge is 0.504 e. The summed E-state index contributed by atoms with van der Waals surface area (Å²) in [4.78, 5) is 0. The van der Waals surface area contributed by atoms with Gasteiger partial charge in [-0.1, -0.05) is 6.07 Å². The van der Waals surface area contributed by atoms with Gasteiger partial charge in [-0.25, -0.2) is 0 Å². The molecule has 0 amide bonds. The first kappa shape index (κ1) is 9.83. The zero-order chi connectivity index (χ0) is 9.68. The van der Waals surface area contributed by atoms with Gasteiger partial charge in [-0.2, -0.15) is 0 Å². The maximum absolute atomic E-state index is 9.10. The van der Waals surface area contributed by atoms with E-state index in [-0.39, 0.29) is 24.7 Å². The van der Waals surface area contributed by atoms with Crippen LogP contribution < -0.4 is 0 Å². The highest BCUT2D eigenvalue weighted by Crippen LogP contribution is 2.24. The maximum atomic E-state index is 9.10. The van der Waals surface area contributed by atoms with E-state index in [0.29, 0.717) is 6.61 Å². The summed E-state index contributed by atoms with van der Waals surface area (Å²) < 4.78 is 5.02.